The first kappa shape index (κ1) is 88.5. The highest BCUT2D eigenvalue weighted by atomic mass is 33.1. The second-order valence-corrected chi connectivity index (χ2v) is 31.8. The van der Waals surface area contributed by atoms with Gasteiger partial charge in [0.1, 0.15) is 60.4 Å². The third kappa shape index (κ3) is 27.9. The Morgan fingerprint density at radius 1 is 0.697 bits per heavy atom. The number of nitrogens with one attached hydrogen (secondary N) is 11. The summed E-state index contributed by atoms with van der Waals surface area (Å²) in [5.41, 5.74) is 20.0. The zero-order chi connectivity index (χ0) is 79.9. The Hall–Kier alpha value is -9.44. The lowest BCUT2D eigenvalue weighted by atomic mass is 9.84. The van der Waals surface area contributed by atoms with Crippen LogP contribution >= 0.6 is 21.6 Å². The summed E-state index contributed by atoms with van der Waals surface area (Å²) in [5, 5.41) is 48.4. The van der Waals surface area contributed by atoms with Gasteiger partial charge in [0.25, 0.3) is 0 Å². The third-order valence-electron chi connectivity index (χ3n) is 19.1. The highest BCUT2D eigenvalue weighted by Gasteiger charge is 2.45. The average molecular weight is 1550 g/mol. The number of primary amides is 1. The van der Waals surface area contributed by atoms with Crippen LogP contribution in [0.1, 0.15) is 160 Å². The number of aliphatic hydroxyl groups is 1. The summed E-state index contributed by atoms with van der Waals surface area (Å²) in [6, 6.07) is 11.1. The molecule has 31 nitrogen and oxygen atoms in total. The van der Waals surface area contributed by atoms with Crippen LogP contribution in [0.3, 0.4) is 0 Å². The number of H-pyrrole nitrogens is 1. The SMILES string of the molecule is CC[C@H](C)[C@@H]1NC(=O)[C@@H](NC(=O)[C@@H]2CCCN2C(=O)[C@@H](NC(=O)[C@H](Cc2cnc[nH]2)NC(=O)[C@@H](NC(=O)[C@H](CCC(=O)O)NC(=O)CC(C)C)[C@@H](C)O)C(c2ccccc2)c2ccccc2)CSSC(C)(C)[C@@H](C(N)=O)NC(=O)[C@@H](CCCCN)NC(=O)C[C@H](Cc2ccccc2)NC(=O)[C@H](CCCCN)NC1=O. The van der Waals surface area contributed by atoms with Crippen molar-refractivity contribution in [1.29, 1.82) is 0 Å². The molecule has 0 aliphatic carbocycles. The van der Waals surface area contributed by atoms with Crippen molar-refractivity contribution in [2.75, 3.05) is 25.4 Å². The van der Waals surface area contributed by atoms with Gasteiger partial charge in [-0.1, -0.05) is 147 Å². The summed E-state index contributed by atoms with van der Waals surface area (Å²) in [7, 11) is 2.07. The van der Waals surface area contributed by atoms with Crippen LogP contribution in [-0.4, -0.2) is 205 Å². The number of carboxylic acids is 1. The van der Waals surface area contributed by atoms with Crippen LogP contribution in [0.4, 0.5) is 0 Å². The molecular formula is C76H110N16O15S2. The Kier molecular flexibility index (Phi) is 35.9. The smallest absolute Gasteiger partial charge is 0.303 e. The van der Waals surface area contributed by atoms with E-state index in [0.717, 1.165) is 27.2 Å². The minimum absolute atomic E-state index is 0.0136. The van der Waals surface area contributed by atoms with Crippen molar-refractivity contribution < 1.29 is 72.5 Å². The van der Waals surface area contributed by atoms with Gasteiger partial charge in [-0.05, 0) is 127 Å². The molecule has 0 bridgehead atoms. The number of aliphatic hydroxyl groups excluding tert-OH is 1. The van der Waals surface area contributed by atoms with E-state index in [1.54, 1.807) is 114 Å². The number of nitrogens with two attached hydrogens (primary N) is 3. The molecule has 596 valence electrons. The molecule has 0 spiro atoms. The highest BCUT2D eigenvalue weighted by Crippen LogP contribution is 2.39. The van der Waals surface area contributed by atoms with Crippen LogP contribution in [-0.2, 0) is 75.2 Å². The van der Waals surface area contributed by atoms with Crippen molar-refractivity contribution in [1.82, 2.24) is 68.0 Å². The molecule has 6 rings (SSSR count). The maximum atomic E-state index is 16.1. The van der Waals surface area contributed by atoms with Gasteiger partial charge in [-0.15, -0.1) is 0 Å². The molecular weight excluding hydrogens is 1440 g/mol. The fourth-order valence-electron chi connectivity index (χ4n) is 13.0. The first-order valence-electron chi connectivity index (χ1n) is 37.3. The summed E-state index contributed by atoms with van der Waals surface area (Å²) in [5.74, 6) is -13.0. The number of carboxylic acid groups (broad SMARTS) is 1. The molecule has 2 aliphatic rings. The Balaban J connectivity index is 1.40. The van der Waals surface area contributed by atoms with E-state index in [1.807, 2.05) is 18.2 Å². The van der Waals surface area contributed by atoms with Crippen molar-refractivity contribution in [3.63, 3.8) is 0 Å². The Bertz CT molecular complexity index is 3640. The largest absolute Gasteiger partial charge is 0.481 e. The van der Waals surface area contributed by atoms with Gasteiger partial charge in [-0.3, -0.25) is 62.3 Å². The summed E-state index contributed by atoms with van der Waals surface area (Å²) in [4.78, 5) is 196. The quantitative estimate of drug-likeness (QED) is 0.0233. The maximum Gasteiger partial charge on any atom is 0.303 e. The second-order valence-electron chi connectivity index (χ2n) is 28.8. The number of unbranched alkanes of at least 4 members (excludes halogenated alkanes) is 2. The lowest BCUT2D eigenvalue weighted by molar-refractivity contribution is -0.143. The van der Waals surface area contributed by atoms with Gasteiger partial charge in [0.2, 0.25) is 70.9 Å². The van der Waals surface area contributed by atoms with E-state index in [-0.39, 0.29) is 89.1 Å². The topological polar surface area (TPSA) is 493 Å². The van der Waals surface area contributed by atoms with Crippen molar-refractivity contribution in [3.8, 4) is 0 Å². The standard InChI is InChI=1S/C76H110N16O15S2/c1-8-45(4)62-73(105)85-53(30-19-21-35-78)67(99)82-50(38-47-23-12-9-13-24-47)40-59(95)83-52(29-18-20-34-77)69(101)91-65(66(79)98)76(6,7)109-108-42-56(71(103)88-62)87-72(104)57-31-22-36-92(57)75(107)64(61(48-25-14-10-15-26-48)49-27-16-11-17-28-49)90-70(102)55(39-51-41-80-43-81-51)86-74(106)63(46(5)93)89-68(100)54(32-33-60(96)97)84-58(94)37-44(2)3/h9-17,23-28,41,43-46,50,52-57,61-65,93H,8,18-22,29-40,42,77-78H2,1-7H3,(H2,79,98)(H,80,81)(H,82,99)(H,83,95)(H,84,94)(H,85,105)(H,86,106)(H,87,104)(H,88,103)(H,89,100)(H,90,102)(H,91,101)(H,96,97)/t45-,46+,50-,52+,53-,54-,55-,56-,57-,62-,63-,64-,65+/m0/s1. The number of hydrogen-bond donors (Lipinski definition) is 16. The summed E-state index contributed by atoms with van der Waals surface area (Å²) in [6.07, 6.45) is 2.24. The van der Waals surface area contributed by atoms with Crippen LogP contribution in [0.2, 0.25) is 0 Å². The molecule has 0 radical (unpaired) electrons. The molecule has 2 saturated heterocycles. The van der Waals surface area contributed by atoms with Crippen molar-refractivity contribution in [2.24, 2.45) is 29.0 Å². The molecule has 2 fully saturated rings. The maximum absolute atomic E-state index is 16.1. The highest BCUT2D eigenvalue weighted by molar-refractivity contribution is 8.77. The number of hydrogen-bond acceptors (Lipinski definition) is 19. The van der Waals surface area contributed by atoms with Gasteiger partial charge in [0.05, 0.1) is 12.4 Å². The average Bonchev–Trinajstić information content (AvgIpc) is 1.78. The molecule has 1 aromatic heterocycles. The monoisotopic (exact) mass is 1550 g/mol. The van der Waals surface area contributed by atoms with Gasteiger partial charge < -0.3 is 90.5 Å². The van der Waals surface area contributed by atoms with Crippen LogP contribution in [0, 0.1) is 11.8 Å². The predicted molar refractivity (Wildman–Crippen MR) is 412 cm³/mol. The molecule has 19 N–H and O–H groups in total. The van der Waals surface area contributed by atoms with Crippen LogP contribution in [0.15, 0.2) is 104 Å². The first-order chi connectivity index (χ1) is 51.9. The number of benzene rings is 3. The number of aliphatic carboxylic acids is 1. The number of likely N-dealkylation sites (tertiary alicyclic amines) is 1. The van der Waals surface area contributed by atoms with E-state index in [2.05, 4.69) is 63.1 Å². The van der Waals surface area contributed by atoms with Crippen LogP contribution < -0.4 is 70.4 Å². The lowest BCUT2D eigenvalue weighted by Crippen LogP contribution is -2.62. The van der Waals surface area contributed by atoms with Gasteiger partial charge in [-0.25, -0.2) is 4.98 Å². The summed E-state index contributed by atoms with van der Waals surface area (Å²) in [6.45, 7) is 12.0. The molecule has 33 heteroatoms. The van der Waals surface area contributed by atoms with Gasteiger partial charge in [-0.2, -0.15) is 0 Å². The number of rotatable bonds is 34. The number of aromatic amines is 1. The molecule has 109 heavy (non-hydrogen) atoms. The Morgan fingerprint density at radius 2 is 1.28 bits per heavy atom. The Labute approximate surface area is 644 Å². The number of amides is 12. The predicted octanol–water partition coefficient (Wildman–Crippen LogP) is 1.51. The molecule has 12 amide bonds. The number of carbonyl (C=O) groups excluding carboxylic acids is 12. The minimum Gasteiger partial charge on any atom is -0.481 e. The van der Waals surface area contributed by atoms with Crippen LogP contribution in [0.25, 0.3) is 0 Å². The molecule has 0 saturated carbocycles. The van der Waals surface area contributed by atoms with E-state index < -0.39 is 172 Å². The Morgan fingerprint density at radius 3 is 1.84 bits per heavy atom. The molecule has 3 heterocycles. The normalized spacial score (nSPS) is 21.4. The van der Waals surface area contributed by atoms with Crippen molar-refractivity contribution >= 4 is 98.4 Å². The second kappa shape index (κ2) is 44.3. The summed E-state index contributed by atoms with van der Waals surface area (Å²) >= 11 is 0. The van der Waals surface area contributed by atoms with Crippen LogP contribution in [0.5, 0.6) is 0 Å². The zero-order valence-electron chi connectivity index (χ0n) is 63.1. The molecule has 4 aromatic rings. The number of imidazole rings is 1. The minimum atomic E-state index is -1.81. The first-order valence-corrected chi connectivity index (χ1v) is 39.6. The fourth-order valence-corrected chi connectivity index (χ4v) is 15.8. The molecule has 2 aliphatic heterocycles. The third-order valence-corrected chi connectivity index (χ3v) is 22.4. The number of nitrogens with zero attached hydrogens (tertiary/aromatic N) is 2. The fraction of sp³-hybridized carbons (Fsp3) is 0.553. The molecule has 3 aromatic carbocycles. The van der Waals surface area contributed by atoms with E-state index in [4.69, 9.17) is 17.2 Å². The van der Waals surface area contributed by atoms with E-state index >= 15 is 19.2 Å². The van der Waals surface area contributed by atoms with E-state index in [1.165, 1.54) is 24.3 Å². The molecule has 13 atom stereocenters. The number of carbonyl (C=O) groups is 13. The van der Waals surface area contributed by atoms with Gasteiger partial charge in [0.15, 0.2) is 0 Å². The van der Waals surface area contributed by atoms with Crippen molar-refractivity contribution in [3.05, 3.63) is 126 Å². The zero-order valence-corrected chi connectivity index (χ0v) is 64.7. The van der Waals surface area contributed by atoms with Gasteiger partial charge in [0, 0.05) is 66.6 Å². The summed E-state index contributed by atoms with van der Waals surface area (Å²) < 4.78 is -1.29. The number of aromatic nitrogens is 2. The van der Waals surface area contributed by atoms with Crippen molar-refractivity contribution in [2.45, 2.75) is 228 Å². The van der Waals surface area contributed by atoms with E-state index in [9.17, 15) is 53.4 Å². The van der Waals surface area contributed by atoms with E-state index in [0.29, 0.717) is 48.9 Å². The lowest BCUT2D eigenvalue weighted by Gasteiger charge is -2.35. The van der Waals surface area contributed by atoms with Gasteiger partial charge >= 0.3 is 5.97 Å². The molecule has 0 unspecified atom stereocenters.